The van der Waals surface area contributed by atoms with Gasteiger partial charge in [0, 0.05) is 6.54 Å². The molecule has 12 heteroatoms. The van der Waals surface area contributed by atoms with E-state index in [2.05, 4.69) is 10.6 Å². The van der Waals surface area contributed by atoms with Gasteiger partial charge in [-0.1, -0.05) is 31.2 Å². The van der Waals surface area contributed by atoms with Crippen molar-refractivity contribution in [3.8, 4) is 0 Å². The standard InChI is InChI=1S/C26H25F2N5O5/c1-3-12-31-24-22(23(36)15(2)32(24)13-20(34)29-18-10-6-4-8-16(18)27)25(37)33(26(31)38)14-21(35)30-19-11-7-5-9-17(19)28/h4-11,15H,3,12-14H2,1-2H3,(H,29,34)(H,30,35)/t15-/m0/s1. The average Bonchev–Trinajstić information content (AvgIpc) is 3.12. The van der Waals surface area contributed by atoms with Crippen LogP contribution in [0.15, 0.2) is 58.1 Å². The molecule has 0 fully saturated rings. The molecule has 1 aromatic heterocycles. The van der Waals surface area contributed by atoms with Crippen LogP contribution in [0.1, 0.15) is 30.6 Å². The van der Waals surface area contributed by atoms with Crippen molar-refractivity contribution in [2.24, 2.45) is 0 Å². The van der Waals surface area contributed by atoms with E-state index in [0.717, 1.165) is 6.07 Å². The number of aromatic nitrogens is 2. The number of carbonyl (C=O) groups is 3. The number of Topliss-reactive ketones (excluding diaryl/α,β-unsaturated/α-hetero) is 1. The maximum Gasteiger partial charge on any atom is 0.333 e. The summed E-state index contributed by atoms with van der Waals surface area (Å²) < 4.78 is 29.7. The molecule has 0 saturated heterocycles. The molecule has 10 nitrogen and oxygen atoms in total. The molecular formula is C26H25F2N5O5. The molecule has 198 valence electrons. The Morgan fingerprint density at radius 2 is 1.37 bits per heavy atom. The summed E-state index contributed by atoms with van der Waals surface area (Å²) in [6.45, 7) is 2.15. The highest BCUT2D eigenvalue weighted by atomic mass is 19.1. The maximum atomic E-state index is 14.0. The predicted octanol–water partition coefficient (Wildman–Crippen LogP) is 2.37. The molecule has 2 aromatic carbocycles. The molecule has 1 aliphatic rings. The van der Waals surface area contributed by atoms with Gasteiger partial charge in [0.15, 0.2) is 5.78 Å². The van der Waals surface area contributed by atoms with E-state index in [1.807, 2.05) is 0 Å². The summed E-state index contributed by atoms with van der Waals surface area (Å²) in [6, 6.07) is 9.99. The molecule has 0 saturated carbocycles. The summed E-state index contributed by atoms with van der Waals surface area (Å²) in [5.41, 5.74) is -2.37. The Hall–Kier alpha value is -4.61. The van der Waals surface area contributed by atoms with Crippen LogP contribution in [0.4, 0.5) is 26.0 Å². The molecule has 0 aliphatic carbocycles. The van der Waals surface area contributed by atoms with Gasteiger partial charge in [-0.2, -0.15) is 0 Å². The van der Waals surface area contributed by atoms with E-state index >= 15 is 0 Å². The minimum Gasteiger partial charge on any atom is -0.338 e. The van der Waals surface area contributed by atoms with Gasteiger partial charge in [0.05, 0.1) is 24.0 Å². The lowest BCUT2D eigenvalue weighted by Crippen LogP contribution is -2.46. The molecule has 0 bridgehead atoms. The number of carbonyl (C=O) groups excluding carboxylic acids is 3. The molecular weight excluding hydrogens is 500 g/mol. The van der Waals surface area contributed by atoms with Crippen molar-refractivity contribution >= 4 is 34.8 Å². The number of ketones is 1. The summed E-state index contributed by atoms with van der Waals surface area (Å²) in [4.78, 5) is 66.5. The van der Waals surface area contributed by atoms with Crippen LogP contribution in [-0.2, 0) is 22.7 Å². The number of hydrogen-bond acceptors (Lipinski definition) is 6. The van der Waals surface area contributed by atoms with E-state index in [0.29, 0.717) is 11.0 Å². The summed E-state index contributed by atoms with van der Waals surface area (Å²) in [6.07, 6.45) is 0.434. The van der Waals surface area contributed by atoms with E-state index in [1.54, 1.807) is 13.0 Å². The van der Waals surface area contributed by atoms with Crippen molar-refractivity contribution < 1.29 is 23.2 Å². The van der Waals surface area contributed by atoms with Crippen LogP contribution in [0.25, 0.3) is 0 Å². The number of anilines is 3. The van der Waals surface area contributed by atoms with Crippen LogP contribution in [0, 0.1) is 11.6 Å². The molecule has 38 heavy (non-hydrogen) atoms. The third-order valence-corrected chi connectivity index (χ3v) is 6.12. The second-order valence-electron chi connectivity index (χ2n) is 8.75. The van der Waals surface area contributed by atoms with Crippen molar-refractivity contribution in [2.75, 3.05) is 22.1 Å². The lowest BCUT2D eigenvalue weighted by molar-refractivity contribution is -0.117. The number of nitrogens with one attached hydrogen (secondary N) is 2. The summed E-state index contributed by atoms with van der Waals surface area (Å²) in [5.74, 6) is -3.50. The Kier molecular flexibility index (Phi) is 7.51. The van der Waals surface area contributed by atoms with Gasteiger partial charge in [0.1, 0.15) is 29.6 Å². The van der Waals surface area contributed by atoms with Crippen molar-refractivity contribution in [3.05, 3.63) is 86.6 Å². The highest BCUT2D eigenvalue weighted by molar-refractivity contribution is 6.11. The first kappa shape index (κ1) is 26.5. The smallest absolute Gasteiger partial charge is 0.333 e. The quantitative estimate of drug-likeness (QED) is 0.466. The molecule has 0 spiro atoms. The van der Waals surface area contributed by atoms with Gasteiger partial charge < -0.3 is 15.5 Å². The van der Waals surface area contributed by atoms with Crippen LogP contribution < -0.4 is 26.8 Å². The number of benzene rings is 2. The highest BCUT2D eigenvalue weighted by Gasteiger charge is 2.41. The van der Waals surface area contributed by atoms with E-state index in [4.69, 9.17) is 0 Å². The number of nitrogens with zero attached hydrogens (tertiary/aromatic N) is 3. The Labute approximate surface area is 215 Å². The van der Waals surface area contributed by atoms with Gasteiger partial charge in [-0.15, -0.1) is 0 Å². The number of rotatable bonds is 8. The van der Waals surface area contributed by atoms with E-state index in [9.17, 15) is 32.8 Å². The first-order valence-electron chi connectivity index (χ1n) is 11.9. The summed E-state index contributed by atoms with van der Waals surface area (Å²) >= 11 is 0. The van der Waals surface area contributed by atoms with Gasteiger partial charge in [-0.3, -0.25) is 23.7 Å². The molecule has 3 aromatic rings. The molecule has 1 aliphatic heterocycles. The minimum absolute atomic E-state index is 0.0335. The van der Waals surface area contributed by atoms with Gasteiger partial charge in [0.25, 0.3) is 5.56 Å². The van der Waals surface area contributed by atoms with Gasteiger partial charge in [-0.25, -0.2) is 18.1 Å². The third-order valence-electron chi connectivity index (χ3n) is 6.12. The monoisotopic (exact) mass is 525 g/mol. The second-order valence-corrected chi connectivity index (χ2v) is 8.75. The van der Waals surface area contributed by atoms with Gasteiger partial charge in [0.2, 0.25) is 11.8 Å². The lowest BCUT2D eigenvalue weighted by atomic mass is 10.1. The first-order chi connectivity index (χ1) is 18.1. The van der Waals surface area contributed by atoms with Crippen LogP contribution >= 0.6 is 0 Å². The zero-order valence-corrected chi connectivity index (χ0v) is 20.7. The molecule has 0 unspecified atom stereocenters. The van der Waals surface area contributed by atoms with Crippen molar-refractivity contribution in [1.29, 1.82) is 0 Å². The van der Waals surface area contributed by atoms with Crippen LogP contribution in [0.5, 0.6) is 0 Å². The largest absolute Gasteiger partial charge is 0.338 e. The van der Waals surface area contributed by atoms with Gasteiger partial charge >= 0.3 is 5.69 Å². The van der Waals surface area contributed by atoms with Crippen LogP contribution in [0.2, 0.25) is 0 Å². The normalized spacial score (nSPS) is 14.4. The number of halogens is 2. The fourth-order valence-electron chi connectivity index (χ4n) is 4.32. The maximum absolute atomic E-state index is 14.0. The van der Waals surface area contributed by atoms with Crippen molar-refractivity contribution in [2.45, 2.75) is 39.4 Å². The second kappa shape index (κ2) is 10.8. The highest BCUT2D eigenvalue weighted by Crippen LogP contribution is 2.29. The first-order valence-corrected chi connectivity index (χ1v) is 11.9. The fourth-order valence-corrected chi connectivity index (χ4v) is 4.32. The molecule has 0 radical (unpaired) electrons. The zero-order valence-electron chi connectivity index (χ0n) is 20.7. The fraction of sp³-hybridized carbons (Fsp3) is 0.269. The Bertz CT molecular complexity index is 1550. The molecule has 2 heterocycles. The van der Waals surface area contributed by atoms with Crippen LogP contribution in [-0.4, -0.2) is 39.3 Å². The summed E-state index contributed by atoms with van der Waals surface area (Å²) in [7, 11) is 0. The van der Waals surface area contributed by atoms with E-state index in [1.165, 1.54) is 52.8 Å². The molecule has 2 amide bonds. The van der Waals surface area contributed by atoms with Crippen LogP contribution in [0.3, 0.4) is 0 Å². The number of para-hydroxylation sites is 2. The Balaban J connectivity index is 1.69. The summed E-state index contributed by atoms with van der Waals surface area (Å²) in [5, 5.41) is 4.74. The molecule has 1 atom stereocenters. The Morgan fingerprint density at radius 1 is 0.842 bits per heavy atom. The topological polar surface area (TPSA) is 123 Å². The van der Waals surface area contributed by atoms with Gasteiger partial charge in [-0.05, 0) is 37.6 Å². The SMILES string of the molecule is CCCn1c2c(c(=O)n(CC(=O)Nc3ccccc3F)c1=O)C(=O)[C@H](C)N2CC(=O)Nc1ccccc1F. The third kappa shape index (κ3) is 4.97. The van der Waals surface area contributed by atoms with Crippen molar-refractivity contribution in [1.82, 2.24) is 9.13 Å². The predicted molar refractivity (Wildman–Crippen MR) is 136 cm³/mol. The number of amides is 2. The average molecular weight is 526 g/mol. The minimum atomic E-state index is -0.991. The number of fused-ring (bicyclic) bond motifs is 1. The van der Waals surface area contributed by atoms with Crippen molar-refractivity contribution in [3.63, 3.8) is 0 Å². The number of hydrogen-bond donors (Lipinski definition) is 2. The zero-order chi connectivity index (χ0) is 27.6. The molecule has 2 N–H and O–H groups in total. The van der Waals surface area contributed by atoms with E-state index in [-0.39, 0.29) is 29.3 Å². The molecule has 4 rings (SSSR count). The van der Waals surface area contributed by atoms with E-state index < -0.39 is 59.6 Å². The lowest BCUT2D eigenvalue weighted by Gasteiger charge is -2.25. The Morgan fingerprint density at radius 3 is 1.89 bits per heavy atom.